The molecule has 0 aliphatic rings. The van der Waals surface area contributed by atoms with Crippen molar-refractivity contribution in [2.24, 2.45) is 5.92 Å². The van der Waals surface area contributed by atoms with E-state index in [4.69, 9.17) is 9.47 Å². The van der Waals surface area contributed by atoms with Crippen molar-refractivity contribution in [3.63, 3.8) is 0 Å². The number of halogens is 1. The Morgan fingerprint density at radius 1 is 0.500 bits per heavy atom. The van der Waals surface area contributed by atoms with Gasteiger partial charge in [0.25, 0.3) is 0 Å². The normalized spacial score (nSPS) is 12.2. The third-order valence-corrected chi connectivity index (χ3v) is 9.71. The quantitative estimate of drug-likeness (QED) is 0.0275. The molecule has 0 aromatic carbocycles. The molecule has 0 bridgehead atoms. The number of esters is 2. The number of unbranched alkanes of at least 4 members (excludes halogenated alkanes) is 19. The van der Waals surface area contributed by atoms with Crippen LogP contribution in [0.25, 0.3) is 0 Å². The van der Waals surface area contributed by atoms with Gasteiger partial charge in [0.2, 0.25) is 0 Å². The molecule has 0 aromatic rings. The Hall–Kier alpha value is -0.370. The Bertz CT molecular complexity index is 682. The van der Waals surface area contributed by atoms with Gasteiger partial charge < -0.3 is 37.9 Å². The van der Waals surface area contributed by atoms with Gasteiger partial charge in [0.15, 0.2) is 0 Å². The first-order valence-corrected chi connectivity index (χ1v) is 20.9. The lowest BCUT2D eigenvalue weighted by molar-refractivity contribution is -0.870. The third kappa shape index (κ3) is 36.9. The minimum atomic E-state index is -0.00663. The standard InChI is InChI=1S/C42H84NO4.HI/c1-7-10-13-16-17-18-21-24-31-39(38-42(45)46-37-30-29-36-43(4,5)6)32-25-22-23-28-35-41(44)47-40(33-26-19-14-11-8-2)34-27-20-15-12-9-3;/h39-40H,7-38H2,1-6H3;1H/q+1;/p-1. The van der Waals surface area contributed by atoms with Crippen molar-refractivity contribution in [3.05, 3.63) is 0 Å². The van der Waals surface area contributed by atoms with E-state index < -0.39 is 0 Å². The number of rotatable bonds is 36. The second kappa shape index (κ2) is 36.4. The zero-order valence-electron chi connectivity index (χ0n) is 33.2. The maximum Gasteiger partial charge on any atom is 0.306 e. The number of carbonyl (C=O) groups is 2. The van der Waals surface area contributed by atoms with E-state index >= 15 is 0 Å². The van der Waals surface area contributed by atoms with E-state index in [2.05, 4.69) is 41.9 Å². The lowest BCUT2D eigenvalue weighted by atomic mass is 9.91. The molecular weight excluding hydrogens is 709 g/mol. The summed E-state index contributed by atoms with van der Waals surface area (Å²) in [6.45, 7) is 8.44. The molecule has 48 heavy (non-hydrogen) atoms. The van der Waals surface area contributed by atoms with Crippen LogP contribution in [0.1, 0.15) is 213 Å². The Morgan fingerprint density at radius 2 is 0.917 bits per heavy atom. The Kier molecular flexibility index (Phi) is 37.7. The van der Waals surface area contributed by atoms with Crippen molar-refractivity contribution in [3.8, 4) is 0 Å². The van der Waals surface area contributed by atoms with Gasteiger partial charge in [-0.1, -0.05) is 143 Å². The summed E-state index contributed by atoms with van der Waals surface area (Å²) in [5.41, 5.74) is 0. The van der Waals surface area contributed by atoms with Crippen LogP contribution in [-0.2, 0) is 19.1 Å². The SMILES string of the molecule is CCCCCCCCCCC(CCCCCCC(=O)OC(CCCCCCC)CCCCCCC)CC(=O)OCCCC[N+](C)(C)C.[I-]. The minimum Gasteiger partial charge on any atom is -1.00 e. The fourth-order valence-electron chi connectivity index (χ4n) is 6.60. The summed E-state index contributed by atoms with van der Waals surface area (Å²) >= 11 is 0. The molecule has 0 saturated heterocycles. The van der Waals surface area contributed by atoms with E-state index in [1.165, 1.54) is 116 Å². The highest BCUT2D eigenvalue weighted by Crippen LogP contribution is 2.23. The Balaban J connectivity index is 0. The average Bonchev–Trinajstić information content (AvgIpc) is 3.02. The summed E-state index contributed by atoms with van der Waals surface area (Å²) in [4.78, 5) is 25.4. The van der Waals surface area contributed by atoms with Crippen LogP contribution >= 0.6 is 0 Å². The maximum absolute atomic E-state index is 12.7. The molecule has 0 saturated carbocycles. The highest BCUT2D eigenvalue weighted by Gasteiger charge is 2.17. The number of nitrogens with zero attached hydrogens (tertiary/aromatic N) is 1. The van der Waals surface area contributed by atoms with Gasteiger partial charge in [-0.25, -0.2) is 0 Å². The number of ether oxygens (including phenoxy) is 2. The first kappa shape index (κ1) is 49.7. The van der Waals surface area contributed by atoms with E-state index in [1.54, 1.807) is 0 Å². The molecular formula is C42H84INO4. The van der Waals surface area contributed by atoms with Gasteiger partial charge >= 0.3 is 11.9 Å². The van der Waals surface area contributed by atoms with Gasteiger partial charge in [0, 0.05) is 12.8 Å². The fraction of sp³-hybridized carbons (Fsp3) is 0.952. The third-order valence-electron chi connectivity index (χ3n) is 9.71. The van der Waals surface area contributed by atoms with Crippen LogP contribution < -0.4 is 24.0 Å². The second-order valence-corrected chi connectivity index (χ2v) is 15.7. The molecule has 0 aromatic heterocycles. The van der Waals surface area contributed by atoms with Crippen molar-refractivity contribution in [2.45, 2.75) is 219 Å². The van der Waals surface area contributed by atoms with E-state index in [-0.39, 0.29) is 42.0 Å². The van der Waals surface area contributed by atoms with Gasteiger partial charge in [-0.3, -0.25) is 9.59 Å². The molecule has 5 nitrogen and oxygen atoms in total. The topological polar surface area (TPSA) is 52.6 Å². The van der Waals surface area contributed by atoms with Gasteiger partial charge in [-0.15, -0.1) is 0 Å². The number of quaternary nitrogens is 1. The van der Waals surface area contributed by atoms with Crippen LogP contribution in [-0.4, -0.2) is 56.8 Å². The first-order chi connectivity index (χ1) is 22.7. The van der Waals surface area contributed by atoms with Crippen molar-refractivity contribution >= 4 is 11.9 Å². The summed E-state index contributed by atoms with van der Waals surface area (Å²) in [6, 6.07) is 0. The summed E-state index contributed by atoms with van der Waals surface area (Å²) in [7, 11) is 6.62. The van der Waals surface area contributed by atoms with E-state index in [9.17, 15) is 9.59 Å². The lowest BCUT2D eigenvalue weighted by Crippen LogP contribution is -3.00. The maximum atomic E-state index is 12.7. The van der Waals surface area contributed by atoms with Crippen molar-refractivity contribution in [1.82, 2.24) is 0 Å². The van der Waals surface area contributed by atoms with Gasteiger partial charge in [-0.2, -0.15) is 0 Å². The summed E-state index contributed by atoms with van der Waals surface area (Å²) < 4.78 is 12.6. The molecule has 0 aliphatic carbocycles. The molecule has 0 aliphatic heterocycles. The fourth-order valence-corrected chi connectivity index (χ4v) is 6.60. The molecule has 288 valence electrons. The monoisotopic (exact) mass is 794 g/mol. The zero-order valence-corrected chi connectivity index (χ0v) is 35.4. The molecule has 0 N–H and O–H groups in total. The largest absolute Gasteiger partial charge is 1.00 e. The van der Waals surface area contributed by atoms with Crippen LogP contribution in [0.2, 0.25) is 0 Å². The van der Waals surface area contributed by atoms with E-state index in [0.717, 1.165) is 75.2 Å². The average molecular weight is 794 g/mol. The van der Waals surface area contributed by atoms with E-state index in [1.807, 2.05) is 0 Å². The van der Waals surface area contributed by atoms with Crippen molar-refractivity contribution in [1.29, 1.82) is 0 Å². The molecule has 6 heteroatoms. The van der Waals surface area contributed by atoms with Crippen molar-refractivity contribution < 1.29 is 47.5 Å². The van der Waals surface area contributed by atoms with Gasteiger partial charge in [0.05, 0.1) is 34.3 Å². The lowest BCUT2D eigenvalue weighted by Gasteiger charge is -2.23. The number of hydrogen-bond donors (Lipinski definition) is 0. The predicted molar refractivity (Wildman–Crippen MR) is 203 cm³/mol. The molecule has 0 rings (SSSR count). The number of hydrogen-bond acceptors (Lipinski definition) is 4. The van der Waals surface area contributed by atoms with Crippen LogP contribution in [0.15, 0.2) is 0 Å². The first-order valence-electron chi connectivity index (χ1n) is 20.9. The molecule has 0 fully saturated rings. The van der Waals surface area contributed by atoms with Crippen LogP contribution in [0, 0.1) is 5.92 Å². The van der Waals surface area contributed by atoms with E-state index in [0.29, 0.717) is 25.4 Å². The predicted octanol–water partition coefficient (Wildman–Crippen LogP) is 9.53. The molecule has 1 atom stereocenters. The van der Waals surface area contributed by atoms with Crippen LogP contribution in [0.4, 0.5) is 0 Å². The molecule has 0 spiro atoms. The molecule has 0 amide bonds. The molecule has 0 radical (unpaired) electrons. The summed E-state index contributed by atoms with van der Waals surface area (Å²) in [5, 5.41) is 0. The van der Waals surface area contributed by atoms with Crippen molar-refractivity contribution in [2.75, 3.05) is 34.3 Å². The molecule has 0 heterocycles. The zero-order chi connectivity index (χ0) is 34.9. The van der Waals surface area contributed by atoms with Crippen LogP contribution in [0.3, 0.4) is 0 Å². The second-order valence-electron chi connectivity index (χ2n) is 15.7. The van der Waals surface area contributed by atoms with Gasteiger partial charge in [-0.05, 0) is 63.7 Å². The smallest absolute Gasteiger partial charge is 0.306 e. The Morgan fingerprint density at radius 3 is 1.38 bits per heavy atom. The highest BCUT2D eigenvalue weighted by atomic mass is 127. The number of carbonyl (C=O) groups excluding carboxylic acids is 2. The summed E-state index contributed by atoms with van der Waals surface area (Å²) in [6.07, 6.45) is 35.0. The van der Waals surface area contributed by atoms with Gasteiger partial charge in [0.1, 0.15) is 6.10 Å². The van der Waals surface area contributed by atoms with Crippen LogP contribution in [0.5, 0.6) is 0 Å². The minimum absolute atomic E-state index is 0. The molecule has 1 unspecified atom stereocenters. The Labute approximate surface area is 317 Å². The highest BCUT2D eigenvalue weighted by molar-refractivity contribution is 5.69. The summed E-state index contributed by atoms with van der Waals surface area (Å²) in [5.74, 6) is 0.427.